The lowest BCUT2D eigenvalue weighted by Crippen LogP contribution is -2.12. The zero-order chi connectivity index (χ0) is 33.7. The fourth-order valence-corrected chi connectivity index (χ4v) is 7.98. The van der Waals surface area contributed by atoms with Crippen molar-refractivity contribution in [2.45, 2.75) is 0 Å². The summed E-state index contributed by atoms with van der Waals surface area (Å²) in [4.78, 5) is 2.44. The number of nitrogens with zero attached hydrogens (tertiary/aromatic N) is 1. The molecule has 1 heteroatoms. The summed E-state index contributed by atoms with van der Waals surface area (Å²) in [5, 5.41) is 12.7. The Morgan fingerprint density at radius 1 is 0.275 bits per heavy atom. The van der Waals surface area contributed by atoms with E-state index in [-0.39, 0.29) is 0 Å². The molecule has 0 aromatic heterocycles. The van der Waals surface area contributed by atoms with Crippen molar-refractivity contribution in [3.05, 3.63) is 200 Å². The number of hydrogen-bond acceptors (Lipinski definition) is 1. The molecule has 0 radical (unpaired) electrons. The predicted octanol–water partition coefficient (Wildman–Crippen LogP) is 14.3. The fourth-order valence-electron chi connectivity index (χ4n) is 7.98. The third kappa shape index (κ3) is 4.94. The Kier molecular flexibility index (Phi) is 6.89. The van der Waals surface area contributed by atoms with Gasteiger partial charge in [-0.2, -0.15) is 0 Å². The molecular formula is C50H33N. The van der Waals surface area contributed by atoms with Crippen molar-refractivity contribution < 1.29 is 0 Å². The lowest BCUT2D eigenvalue weighted by atomic mass is 9.94. The van der Waals surface area contributed by atoms with Crippen molar-refractivity contribution >= 4 is 70.9 Å². The number of hydrogen-bond donors (Lipinski definition) is 0. The molecule has 51 heavy (non-hydrogen) atoms. The molecule has 0 aliphatic heterocycles. The first-order chi connectivity index (χ1) is 25.3. The highest BCUT2D eigenvalue weighted by Gasteiger charge is 2.20. The van der Waals surface area contributed by atoms with Gasteiger partial charge in [0.15, 0.2) is 0 Å². The van der Waals surface area contributed by atoms with E-state index in [1.165, 1.54) is 76.1 Å². The molecule has 0 fully saturated rings. The lowest BCUT2D eigenvalue weighted by molar-refractivity contribution is 1.30. The average Bonchev–Trinajstić information content (AvgIpc) is 3.21. The SMILES string of the molecule is c1ccc(-c2ccccc2N(c2ccc(-c3ccc4c(ccc5ccc6ccccc6c54)c3)cc2)c2cc3ccccc3c3ccccc23)cc1. The van der Waals surface area contributed by atoms with Gasteiger partial charge in [-0.05, 0) is 95.5 Å². The van der Waals surface area contributed by atoms with Crippen LogP contribution in [0.1, 0.15) is 0 Å². The van der Waals surface area contributed by atoms with Crippen LogP contribution in [0.5, 0.6) is 0 Å². The maximum absolute atomic E-state index is 2.44. The van der Waals surface area contributed by atoms with E-state index in [0.717, 1.165) is 17.1 Å². The van der Waals surface area contributed by atoms with Gasteiger partial charge in [0, 0.05) is 16.6 Å². The topological polar surface area (TPSA) is 3.24 Å². The summed E-state index contributed by atoms with van der Waals surface area (Å²) < 4.78 is 0. The van der Waals surface area contributed by atoms with Gasteiger partial charge in [-0.1, -0.05) is 170 Å². The van der Waals surface area contributed by atoms with Crippen LogP contribution in [-0.2, 0) is 0 Å². The molecular weight excluding hydrogens is 615 g/mol. The molecule has 0 saturated heterocycles. The largest absolute Gasteiger partial charge is 0.309 e. The second-order valence-electron chi connectivity index (χ2n) is 13.3. The highest BCUT2D eigenvalue weighted by Crippen LogP contribution is 2.45. The molecule has 0 spiro atoms. The van der Waals surface area contributed by atoms with Crippen LogP contribution in [0.15, 0.2) is 200 Å². The average molecular weight is 648 g/mol. The number of rotatable bonds is 5. The Labute approximate surface area is 297 Å². The van der Waals surface area contributed by atoms with Crippen LogP contribution in [0.25, 0.3) is 76.1 Å². The summed E-state index contributed by atoms with van der Waals surface area (Å²) in [6.45, 7) is 0. The van der Waals surface area contributed by atoms with Gasteiger partial charge >= 0.3 is 0 Å². The molecule has 0 bridgehead atoms. The van der Waals surface area contributed by atoms with E-state index in [0.29, 0.717) is 0 Å². The molecule has 0 aliphatic carbocycles. The van der Waals surface area contributed by atoms with Gasteiger partial charge < -0.3 is 4.90 Å². The van der Waals surface area contributed by atoms with Crippen LogP contribution in [0.2, 0.25) is 0 Å². The molecule has 238 valence electrons. The molecule has 10 rings (SSSR count). The van der Waals surface area contributed by atoms with E-state index >= 15 is 0 Å². The quantitative estimate of drug-likeness (QED) is 0.168. The molecule has 10 aromatic rings. The van der Waals surface area contributed by atoms with Crippen molar-refractivity contribution in [1.29, 1.82) is 0 Å². The van der Waals surface area contributed by atoms with Crippen molar-refractivity contribution in [1.82, 2.24) is 0 Å². The summed E-state index contributed by atoms with van der Waals surface area (Å²) in [5.41, 5.74) is 8.19. The summed E-state index contributed by atoms with van der Waals surface area (Å²) in [6.07, 6.45) is 0. The Morgan fingerprint density at radius 2 is 0.843 bits per heavy atom. The minimum atomic E-state index is 1.11. The van der Waals surface area contributed by atoms with E-state index in [4.69, 9.17) is 0 Å². The number of benzene rings is 10. The van der Waals surface area contributed by atoms with Gasteiger partial charge in [-0.15, -0.1) is 0 Å². The third-order valence-corrected chi connectivity index (χ3v) is 10.4. The Balaban J connectivity index is 1.14. The van der Waals surface area contributed by atoms with Gasteiger partial charge in [0.2, 0.25) is 0 Å². The standard InChI is InChI=1S/C50H33N/c1-2-12-35(13-3-1)43-17-10-11-21-48(43)51(49-33-39-15-5-6-16-42(39)46-19-8-9-20-47(46)49)41-29-26-34(27-30-41)38-28-31-45-40(32-38)25-24-37-23-22-36-14-4-7-18-44(36)50(37)45/h1-33H. The zero-order valence-electron chi connectivity index (χ0n) is 28.0. The molecule has 0 amide bonds. The van der Waals surface area contributed by atoms with E-state index in [1.54, 1.807) is 0 Å². The Bertz CT molecular complexity index is 2900. The molecule has 1 nitrogen and oxygen atoms in total. The molecule has 0 saturated carbocycles. The normalized spacial score (nSPS) is 11.5. The first-order valence-corrected chi connectivity index (χ1v) is 17.6. The van der Waals surface area contributed by atoms with Crippen molar-refractivity contribution in [2.75, 3.05) is 4.90 Å². The number of anilines is 3. The monoisotopic (exact) mass is 647 g/mol. The zero-order valence-corrected chi connectivity index (χ0v) is 28.0. The maximum Gasteiger partial charge on any atom is 0.0546 e. The molecule has 0 unspecified atom stereocenters. The highest BCUT2D eigenvalue weighted by atomic mass is 15.1. The maximum atomic E-state index is 2.44. The van der Waals surface area contributed by atoms with E-state index < -0.39 is 0 Å². The molecule has 0 aliphatic rings. The van der Waals surface area contributed by atoms with Crippen LogP contribution in [0.3, 0.4) is 0 Å². The van der Waals surface area contributed by atoms with Gasteiger partial charge in [-0.3, -0.25) is 0 Å². The van der Waals surface area contributed by atoms with Crippen molar-refractivity contribution in [3.63, 3.8) is 0 Å². The van der Waals surface area contributed by atoms with Crippen LogP contribution in [-0.4, -0.2) is 0 Å². The first-order valence-electron chi connectivity index (χ1n) is 17.6. The summed E-state index contributed by atoms with van der Waals surface area (Å²) in [5.74, 6) is 0. The van der Waals surface area contributed by atoms with Crippen molar-refractivity contribution in [2.24, 2.45) is 0 Å². The summed E-state index contributed by atoms with van der Waals surface area (Å²) in [6, 6.07) is 73.0. The number of para-hydroxylation sites is 1. The second kappa shape index (κ2) is 12.0. The minimum Gasteiger partial charge on any atom is -0.309 e. The lowest BCUT2D eigenvalue weighted by Gasteiger charge is -2.29. The second-order valence-corrected chi connectivity index (χ2v) is 13.3. The summed E-state index contributed by atoms with van der Waals surface area (Å²) >= 11 is 0. The van der Waals surface area contributed by atoms with Crippen LogP contribution in [0.4, 0.5) is 17.1 Å². The predicted molar refractivity (Wildman–Crippen MR) is 220 cm³/mol. The Morgan fingerprint density at radius 3 is 1.67 bits per heavy atom. The van der Waals surface area contributed by atoms with E-state index in [1.807, 2.05) is 0 Å². The number of fused-ring (bicyclic) bond motifs is 8. The molecule has 0 atom stereocenters. The molecule has 0 N–H and O–H groups in total. The first kappa shape index (κ1) is 29.2. The Hall–Kier alpha value is -6.70. The summed E-state index contributed by atoms with van der Waals surface area (Å²) in [7, 11) is 0. The molecule has 10 aromatic carbocycles. The molecule has 0 heterocycles. The van der Waals surface area contributed by atoms with Crippen LogP contribution in [0, 0.1) is 0 Å². The van der Waals surface area contributed by atoms with E-state index in [9.17, 15) is 0 Å². The van der Waals surface area contributed by atoms with Gasteiger partial charge in [-0.25, -0.2) is 0 Å². The van der Waals surface area contributed by atoms with Gasteiger partial charge in [0.05, 0.1) is 11.4 Å². The van der Waals surface area contributed by atoms with Crippen LogP contribution < -0.4 is 4.90 Å². The highest BCUT2D eigenvalue weighted by molar-refractivity contribution is 6.20. The van der Waals surface area contributed by atoms with Crippen molar-refractivity contribution in [3.8, 4) is 22.3 Å². The van der Waals surface area contributed by atoms with Gasteiger partial charge in [0.25, 0.3) is 0 Å². The minimum absolute atomic E-state index is 1.11. The van der Waals surface area contributed by atoms with E-state index in [2.05, 4.69) is 205 Å². The van der Waals surface area contributed by atoms with Gasteiger partial charge in [0.1, 0.15) is 0 Å². The van der Waals surface area contributed by atoms with Crippen LogP contribution >= 0.6 is 0 Å². The smallest absolute Gasteiger partial charge is 0.0546 e. The fraction of sp³-hybridized carbons (Fsp3) is 0. The third-order valence-electron chi connectivity index (χ3n) is 10.4.